The van der Waals surface area contributed by atoms with Crippen molar-refractivity contribution in [2.24, 2.45) is 0 Å². The van der Waals surface area contributed by atoms with E-state index in [4.69, 9.17) is 25.8 Å². The zero-order chi connectivity index (χ0) is 15.1. The number of benzene rings is 1. The van der Waals surface area contributed by atoms with Crippen molar-refractivity contribution in [1.82, 2.24) is 0 Å². The summed E-state index contributed by atoms with van der Waals surface area (Å²) < 4.78 is 16.0. The van der Waals surface area contributed by atoms with Gasteiger partial charge in [-0.15, -0.1) is 0 Å². The van der Waals surface area contributed by atoms with Crippen LogP contribution in [0.2, 0.25) is 5.02 Å². The lowest BCUT2D eigenvalue weighted by molar-refractivity contribution is -0.0128. The first-order chi connectivity index (χ1) is 9.47. The molecule has 0 heterocycles. The first-order valence-electron chi connectivity index (χ1n) is 6.37. The second-order valence-corrected chi connectivity index (χ2v) is 5.04. The first-order valence-corrected chi connectivity index (χ1v) is 6.75. The lowest BCUT2D eigenvalue weighted by atomic mass is 10.2. The fourth-order valence-electron chi connectivity index (χ4n) is 1.59. The molecule has 0 amide bonds. The highest BCUT2D eigenvalue weighted by Crippen LogP contribution is 2.34. The first kappa shape index (κ1) is 17.0. The van der Waals surface area contributed by atoms with Crippen molar-refractivity contribution >= 4 is 11.6 Å². The minimum atomic E-state index is -0.760. The number of ether oxygens (including phenoxy) is 3. The zero-order valence-corrected chi connectivity index (χ0v) is 12.7. The van der Waals surface area contributed by atoms with Gasteiger partial charge in [0.15, 0.2) is 11.5 Å². The molecule has 0 saturated carbocycles. The van der Waals surface area contributed by atoms with Crippen LogP contribution in [0.25, 0.3) is 0 Å². The van der Waals surface area contributed by atoms with Crippen molar-refractivity contribution in [2.75, 3.05) is 20.3 Å². The van der Waals surface area contributed by atoms with Crippen molar-refractivity contribution in [1.29, 1.82) is 0 Å². The monoisotopic (exact) mass is 304 g/mol. The molecule has 114 valence electrons. The lowest BCUT2D eigenvalue weighted by Crippen LogP contribution is -2.25. The fourth-order valence-corrected chi connectivity index (χ4v) is 1.82. The molecule has 0 aliphatic rings. The maximum Gasteiger partial charge on any atom is 0.166 e. The van der Waals surface area contributed by atoms with Gasteiger partial charge in [-0.3, -0.25) is 0 Å². The summed E-state index contributed by atoms with van der Waals surface area (Å²) in [5, 5.41) is 19.5. The van der Waals surface area contributed by atoms with E-state index < -0.39 is 6.10 Å². The van der Waals surface area contributed by atoms with Crippen LogP contribution in [0.1, 0.15) is 19.4 Å². The van der Waals surface area contributed by atoms with Crippen LogP contribution < -0.4 is 9.47 Å². The third kappa shape index (κ3) is 5.17. The SMILES string of the molecule is COc1cc(Cl)cc(CO)c1OCC(O)COC(C)C. The highest BCUT2D eigenvalue weighted by Gasteiger charge is 2.15. The van der Waals surface area contributed by atoms with Gasteiger partial charge < -0.3 is 24.4 Å². The fraction of sp³-hybridized carbons (Fsp3) is 0.571. The number of rotatable bonds is 8. The normalized spacial score (nSPS) is 12.6. The van der Waals surface area contributed by atoms with Crippen LogP contribution in [0.4, 0.5) is 0 Å². The van der Waals surface area contributed by atoms with Crippen molar-refractivity contribution < 1.29 is 24.4 Å². The van der Waals surface area contributed by atoms with E-state index in [2.05, 4.69) is 0 Å². The Morgan fingerprint density at radius 3 is 2.50 bits per heavy atom. The molecule has 0 aliphatic carbocycles. The number of hydrogen-bond acceptors (Lipinski definition) is 5. The van der Waals surface area contributed by atoms with Crippen molar-refractivity contribution in [2.45, 2.75) is 32.7 Å². The van der Waals surface area contributed by atoms with Crippen LogP contribution in [0, 0.1) is 0 Å². The van der Waals surface area contributed by atoms with E-state index >= 15 is 0 Å². The van der Waals surface area contributed by atoms with Crippen molar-refractivity contribution in [3.63, 3.8) is 0 Å². The molecular formula is C14H21ClO5. The largest absolute Gasteiger partial charge is 0.493 e. The molecule has 1 aromatic rings. The Kier molecular flexibility index (Phi) is 7.09. The average Bonchev–Trinajstić information content (AvgIpc) is 2.42. The summed E-state index contributed by atoms with van der Waals surface area (Å²) in [7, 11) is 1.48. The molecule has 0 fully saturated rings. The maximum atomic E-state index is 9.76. The molecule has 0 aromatic heterocycles. The van der Waals surface area contributed by atoms with E-state index in [1.807, 2.05) is 13.8 Å². The predicted octanol–water partition coefficient (Wildman–Crippen LogP) is 2.01. The zero-order valence-electron chi connectivity index (χ0n) is 11.9. The second-order valence-electron chi connectivity index (χ2n) is 4.60. The van der Waals surface area contributed by atoms with Crippen LogP contribution >= 0.6 is 11.6 Å². The Hall–Kier alpha value is -1.01. The summed E-state index contributed by atoms with van der Waals surface area (Å²) in [6.45, 7) is 3.77. The van der Waals surface area contributed by atoms with Gasteiger partial charge in [-0.05, 0) is 19.9 Å². The van der Waals surface area contributed by atoms with E-state index in [-0.39, 0.29) is 25.9 Å². The van der Waals surface area contributed by atoms with Gasteiger partial charge in [0.25, 0.3) is 0 Å². The summed E-state index contributed by atoms with van der Waals surface area (Å²) in [5.74, 6) is 0.793. The molecule has 0 aliphatic heterocycles. The van der Waals surface area contributed by atoms with Gasteiger partial charge in [0.05, 0.1) is 26.4 Å². The van der Waals surface area contributed by atoms with Gasteiger partial charge >= 0.3 is 0 Å². The summed E-state index contributed by atoms with van der Waals surface area (Å²) in [6.07, 6.45) is -0.716. The van der Waals surface area contributed by atoms with E-state index in [1.165, 1.54) is 7.11 Å². The number of methoxy groups -OCH3 is 1. The third-order valence-electron chi connectivity index (χ3n) is 2.53. The quantitative estimate of drug-likeness (QED) is 0.769. The second kappa shape index (κ2) is 8.32. The van der Waals surface area contributed by atoms with Crippen LogP contribution in [0.3, 0.4) is 0 Å². The average molecular weight is 305 g/mol. The molecule has 1 aromatic carbocycles. The van der Waals surface area contributed by atoms with E-state index in [9.17, 15) is 10.2 Å². The van der Waals surface area contributed by atoms with Gasteiger partial charge in [-0.1, -0.05) is 11.6 Å². The maximum absolute atomic E-state index is 9.76. The molecule has 0 radical (unpaired) electrons. The van der Waals surface area contributed by atoms with Gasteiger partial charge in [-0.25, -0.2) is 0 Å². The highest BCUT2D eigenvalue weighted by molar-refractivity contribution is 6.30. The molecule has 6 heteroatoms. The molecule has 0 spiro atoms. The smallest absolute Gasteiger partial charge is 0.166 e. The van der Waals surface area contributed by atoms with Crippen LogP contribution in [0.15, 0.2) is 12.1 Å². The minimum Gasteiger partial charge on any atom is -0.493 e. The number of hydrogen-bond donors (Lipinski definition) is 2. The van der Waals surface area contributed by atoms with E-state index in [0.29, 0.717) is 22.1 Å². The Bertz CT molecular complexity index is 397. The topological polar surface area (TPSA) is 68.2 Å². The predicted molar refractivity (Wildman–Crippen MR) is 76.5 cm³/mol. The van der Waals surface area contributed by atoms with Crippen LogP contribution in [-0.2, 0) is 11.3 Å². The van der Waals surface area contributed by atoms with Crippen molar-refractivity contribution in [3.05, 3.63) is 22.7 Å². The number of aliphatic hydroxyl groups is 2. The summed E-state index contributed by atoms with van der Waals surface area (Å²) in [6, 6.07) is 3.18. The molecule has 5 nitrogen and oxygen atoms in total. The third-order valence-corrected chi connectivity index (χ3v) is 2.75. The summed E-state index contributed by atoms with van der Waals surface area (Å²) in [5.41, 5.74) is 0.506. The van der Waals surface area contributed by atoms with Crippen molar-refractivity contribution in [3.8, 4) is 11.5 Å². The number of aliphatic hydroxyl groups excluding tert-OH is 2. The molecule has 1 unspecified atom stereocenters. The van der Waals surface area contributed by atoms with E-state index in [1.54, 1.807) is 12.1 Å². The Morgan fingerprint density at radius 2 is 1.95 bits per heavy atom. The Labute approximate surface area is 124 Å². The minimum absolute atomic E-state index is 0.0394. The molecule has 0 bridgehead atoms. The molecule has 1 atom stereocenters. The molecule has 20 heavy (non-hydrogen) atoms. The van der Waals surface area contributed by atoms with Gasteiger partial charge in [0.1, 0.15) is 12.7 Å². The summed E-state index contributed by atoms with van der Waals surface area (Å²) in [4.78, 5) is 0. The van der Waals surface area contributed by atoms with Gasteiger partial charge in [-0.2, -0.15) is 0 Å². The highest BCUT2D eigenvalue weighted by atomic mass is 35.5. The molecule has 2 N–H and O–H groups in total. The van der Waals surface area contributed by atoms with Crippen LogP contribution in [-0.4, -0.2) is 42.7 Å². The number of halogens is 1. The Balaban J connectivity index is 2.71. The summed E-state index contributed by atoms with van der Waals surface area (Å²) >= 11 is 5.91. The molecular weight excluding hydrogens is 284 g/mol. The lowest BCUT2D eigenvalue weighted by Gasteiger charge is -2.18. The van der Waals surface area contributed by atoms with E-state index in [0.717, 1.165) is 0 Å². The Morgan fingerprint density at radius 1 is 1.25 bits per heavy atom. The molecule has 0 saturated heterocycles. The van der Waals surface area contributed by atoms with Crippen LogP contribution in [0.5, 0.6) is 11.5 Å². The standard InChI is InChI=1S/C14H21ClO5/c1-9(2)19-7-12(17)8-20-14-10(6-16)4-11(15)5-13(14)18-3/h4-5,9,12,16-17H,6-8H2,1-3H3. The van der Waals surface area contributed by atoms with Gasteiger partial charge in [0.2, 0.25) is 0 Å². The molecule has 1 rings (SSSR count). The van der Waals surface area contributed by atoms with Gasteiger partial charge in [0, 0.05) is 16.7 Å².